The van der Waals surface area contributed by atoms with E-state index in [-0.39, 0.29) is 11.8 Å². The number of carbonyl (C=O) groups is 2. The smallest absolute Gasteiger partial charge is 0.252 e. The van der Waals surface area contributed by atoms with Gasteiger partial charge in [-0.2, -0.15) is 0 Å². The Kier molecular flexibility index (Phi) is 5.44. The zero-order chi connectivity index (χ0) is 12.8. The highest BCUT2D eigenvalue weighted by Gasteiger charge is 2.09. The van der Waals surface area contributed by atoms with Gasteiger partial charge in [-0.3, -0.25) is 9.59 Å². The molecule has 0 aliphatic heterocycles. The Labute approximate surface area is 113 Å². The van der Waals surface area contributed by atoms with Crippen LogP contribution in [0.5, 0.6) is 0 Å². The van der Waals surface area contributed by atoms with Crippen molar-refractivity contribution in [1.82, 2.24) is 10.6 Å². The summed E-state index contributed by atoms with van der Waals surface area (Å²) in [5.74, 6) is -0.328. The third-order valence-electron chi connectivity index (χ3n) is 1.96. The van der Waals surface area contributed by atoms with Gasteiger partial charge in [0.1, 0.15) is 0 Å². The van der Waals surface area contributed by atoms with Crippen molar-refractivity contribution in [1.29, 1.82) is 0 Å². The molecule has 2 N–H and O–H groups in total. The first-order valence-corrected chi connectivity index (χ1v) is 6.15. The number of benzene rings is 1. The highest BCUT2D eigenvalue weighted by atomic mass is 79.9. The number of hydrogen-bond donors (Lipinski definition) is 2. The molecular formula is C11H12BrClN2O2. The lowest BCUT2D eigenvalue weighted by molar-refractivity contribution is -0.118. The van der Waals surface area contributed by atoms with Gasteiger partial charge in [-0.25, -0.2) is 0 Å². The number of halogens is 2. The largest absolute Gasteiger partial charge is 0.355 e. The zero-order valence-electron chi connectivity index (χ0n) is 9.22. The Morgan fingerprint density at radius 3 is 2.53 bits per heavy atom. The average molecular weight is 320 g/mol. The molecular weight excluding hydrogens is 307 g/mol. The van der Waals surface area contributed by atoms with Gasteiger partial charge in [-0.05, 0) is 34.1 Å². The highest BCUT2D eigenvalue weighted by Crippen LogP contribution is 2.21. The molecule has 92 valence electrons. The second-order valence-corrected chi connectivity index (χ2v) is 4.65. The van der Waals surface area contributed by atoms with Crippen LogP contribution in [0.15, 0.2) is 22.7 Å². The number of hydrogen-bond acceptors (Lipinski definition) is 2. The third-order valence-corrected chi connectivity index (χ3v) is 2.85. The van der Waals surface area contributed by atoms with E-state index < -0.39 is 0 Å². The molecule has 0 bridgehead atoms. The van der Waals surface area contributed by atoms with E-state index >= 15 is 0 Å². The number of rotatable bonds is 4. The third kappa shape index (κ3) is 4.75. The normalized spacial score (nSPS) is 9.82. The van der Waals surface area contributed by atoms with Crippen molar-refractivity contribution in [3.05, 3.63) is 33.3 Å². The Morgan fingerprint density at radius 2 is 1.94 bits per heavy atom. The van der Waals surface area contributed by atoms with Gasteiger partial charge in [0.25, 0.3) is 5.91 Å². The Hall–Kier alpha value is -1.07. The molecule has 1 aromatic rings. The van der Waals surface area contributed by atoms with E-state index in [1.165, 1.54) is 6.92 Å². The maximum atomic E-state index is 11.7. The van der Waals surface area contributed by atoms with Crippen molar-refractivity contribution < 1.29 is 9.59 Å². The minimum Gasteiger partial charge on any atom is -0.355 e. The molecule has 0 heterocycles. The van der Waals surface area contributed by atoms with Crippen molar-refractivity contribution in [2.45, 2.75) is 6.92 Å². The summed E-state index contributed by atoms with van der Waals surface area (Å²) in [4.78, 5) is 22.3. The van der Waals surface area contributed by atoms with E-state index in [1.54, 1.807) is 18.2 Å². The lowest BCUT2D eigenvalue weighted by Gasteiger charge is -2.07. The maximum Gasteiger partial charge on any atom is 0.252 e. The second kappa shape index (κ2) is 6.61. The Balaban J connectivity index is 2.50. The van der Waals surface area contributed by atoms with E-state index in [0.29, 0.717) is 28.1 Å². The van der Waals surface area contributed by atoms with Gasteiger partial charge in [0.15, 0.2) is 0 Å². The van der Waals surface area contributed by atoms with Gasteiger partial charge in [0.2, 0.25) is 5.91 Å². The second-order valence-electron chi connectivity index (χ2n) is 3.36. The first kappa shape index (κ1) is 14.0. The molecule has 0 saturated heterocycles. The number of nitrogens with one attached hydrogen (secondary N) is 2. The lowest BCUT2D eigenvalue weighted by atomic mass is 10.2. The summed E-state index contributed by atoms with van der Waals surface area (Å²) < 4.78 is 0.641. The molecule has 0 spiro atoms. The molecule has 0 aliphatic carbocycles. The van der Waals surface area contributed by atoms with E-state index in [2.05, 4.69) is 26.6 Å². The van der Waals surface area contributed by atoms with Crippen LogP contribution < -0.4 is 10.6 Å². The van der Waals surface area contributed by atoms with Crippen molar-refractivity contribution in [3.63, 3.8) is 0 Å². The van der Waals surface area contributed by atoms with Crippen molar-refractivity contribution >= 4 is 39.3 Å². The Morgan fingerprint density at radius 1 is 1.29 bits per heavy atom. The van der Waals surface area contributed by atoms with Crippen LogP contribution >= 0.6 is 27.5 Å². The molecule has 0 atom stereocenters. The molecule has 4 nitrogen and oxygen atoms in total. The summed E-state index contributed by atoms with van der Waals surface area (Å²) in [5.41, 5.74) is 0.511. The fraction of sp³-hybridized carbons (Fsp3) is 0.273. The van der Waals surface area contributed by atoms with E-state index in [0.717, 1.165) is 0 Å². The Bertz CT molecular complexity index is 437. The maximum absolute atomic E-state index is 11.7. The molecule has 17 heavy (non-hydrogen) atoms. The monoisotopic (exact) mass is 318 g/mol. The summed E-state index contributed by atoms with van der Waals surface area (Å²) in [6.07, 6.45) is 0. The number of amides is 2. The minimum atomic E-state index is -0.209. The summed E-state index contributed by atoms with van der Waals surface area (Å²) in [5, 5.41) is 5.84. The molecule has 0 saturated carbocycles. The predicted octanol–water partition coefficient (Wildman–Crippen LogP) is 1.97. The van der Waals surface area contributed by atoms with Crippen LogP contribution in [0.3, 0.4) is 0 Å². The standard InChI is InChI=1S/C11H12BrClN2O2/c1-7(16)14-4-5-15-11(17)9-3-2-8(13)6-10(9)12/h2-3,6H,4-5H2,1H3,(H,14,16)(H,15,17). The molecule has 0 aromatic heterocycles. The fourth-order valence-electron chi connectivity index (χ4n) is 1.18. The van der Waals surface area contributed by atoms with Crippen LogP contribution in [0.2, 0.25) is 5.02 Å². The van der Waals surface area contributed by atoms with Crippen LogP contribution in [0, 0.1) is 0 Å². The molecule has 0 radical (unpaired) electrons. The molecule has 1 rings (SSSR count). The number of carbonyl (C=O) groups excluding carboxylic acids is 2. The summed E-state index contributed by atoms with van der Waals surface area (Å²) in [6, 6.07) is 4.94. The van der Waals surface area contributed by atoms with Crippen LogP contribution in [-0.2, 0) is 4.79 Å². The van der Waals surface area contributed by atoms with Gasteiger partial charge in [-0.15, -0.1) is 0 Å². The van der Waals surface area contributed by atoms with Crippen LogP contribution in [0.25, 0.3) is 0 Å². The van der Waals surface area contributed by atoms with Gasteiger partial charge >= 0.3 is 0 Å². The van der Waals surface area contributed by atoms with Crippen molar-refractivity contribution in [3.8, 4) is 0 Å². The van der Waals surface area contributed by atoms with E-state index in [4.69, 9.17) is 11.6 Å². The molecule has 0 fully saturated rings. The first-order valence-electron chi connectivity index (χ1n) is 4.98. The quantitative estimate of drug-likeness (QED) is 0.834. The van der Waals surface area contributed by atoms with Gasteiger partial charge in [-0.1, -0.05) is 11.6 Å². The zero-order valence-corrected chi connectivity index (χ0v) is 11.6. The van der Waals surface area contributed by atoms with Crippen LogP contribution in [0.1, 0.15) is 17.3 Å². The minimum absolute atomic E-state index is 0.119. The first-order chi connectivity index (χ1) is 8.00. The summed E-state index contributed by atoms with van der Waals surface area (Å²) >= 11 is 9.04. The topological polar surface area (TPSA) is 58.2 Å². The average Bonchev–Trinajstić information content (AvgIpc) is 2.23. The van der Waals surface area contributed by atoms with Crippen LogP contribution in [0.4, 0.5) is 0 Å². The van der Waals surface area contributed by atoms with Gasteiger partial charge in [0, 0.05) is 29.5 Å². The van der Waals surface area contributed by atoms with Crippen LogP contribution in [-0.4, -0.2) is 24.9 Å². The predicted molar refractivity (Wildman–Crippen MR) is 70.2 cm³/mol. The SMILES string of the molecule is CC(=O)NCCNC(=O)c1ccc(Cl)cc1Br. The molecule has 2 amide bonds. The van der Waals surface area contributed by atoms with Crippen molar-refractivity contribution in [2.75, 3.05) is 13.1 Å². The van der Waals surface area contributed by atoms with Gasteiger partial charge in [0.05, 0.1) is 5.56 Å². The molecule has 0 aliphatic rings. The molecule has 6 heteroatoms. The summed E-state index contributed by atoms with van der Waals surface area (Å²) in [6.45, 7) is 2.22. The molecule has 1 aromatic carbocycles. The summed E-state index contributed by atoms with van der Waals surface area (Å²) in [7, 11) is 0. The fourth-order valence-corrected chi connectivity index (χ4v) is 2.05. The lowest BCUT2D eigenvalue weighted by Crippen LogP contribution is -2.33. The van der Waals surface area contributed by atoms with E-state index in [1.807, 2.05) is 0 Å². The molecule has 0 unspecified atom stereocenters. The van der Waals surface area contributed by atoms with Gasteiger partial charge < -0.3 is 10.6 Å². The highest BCUT2D eigenvalue weighted by molar-refractivity contribution is 9.10. The van der Waals surface area contributed by atoms with E-state index in [9.17, 15) is 9.59 Å². The van der Waals surface area contributed by atoms with Crippen molar-refractivity contribution in [2.24, 2.45) is 0 Å².